The summed E-state index contributed by atoms with van der Waals surface area (Å²) in [5, 5.41) is 1.96. The zero-order valence-corrected chi connectivity index (χ0v) is 5.59. The number of primary amides is 1. The summed E-state index contributed by atoms with van der Waals surface area (Å²) in [4.78, 5) is 31.7. The second-order valence-electron chi connectivity index (χ2n) is 2.06. The van der Waals surface area contributed by atoms with Crippen molar-refractivity contribution in [2.75, 3.05) is 0 Å². The Morgan fingerprint density at radius 3 is 2.64 bits per heavy atom. The Bertz CT molecular complexity index is 267. The summed E-state index contributed by atoms with van der Waals surface area (Å²) < 4.78 is 0. The van der Waals surface area contributed by atoms with Gasteiger partial charge in [-0.05, 0) is 0 Å². The van der Waals surface area contributed by atoms with Gasteiger partial charge in [0.2, 0.25) is 5.91 Å². The smallest absolute Gasteiger partial charge is 0.263 e. The molecule has 5 heteroatoms. The third-order valence-electron chi connectivity index (χ3n) is 1.25. The van der Waals surface area contributed by atoms with Crippen molar-refractivity contribution in [3.05, 3.63) is 11.6 Å². The largest absolute Gasteiger partial charge is 0.365 e. The molecule has 0 bridgehead atoms. The number of amides is 3. The van der Waals surface area contributed by atoms with Crippen LogP contribution in [0, 0.1) is 0 Å². The van der Waals surface area contributed by atoms with E-state index in [0.29, 0.717) is 0 Å². The maximum absolute atomic E-state index is 10.7. The van der Waals surface area contributed by atoms with Crippen molar-refractivity contribution in [1.82, 2.24) is 5.32 Å². The molecule has 0 saturated heterocycles. The van der Waals surface area contributed by atoms with E-state index < -0.39 is 17.7 Å². The lowest BCUT2D eigenvalue weighted by Crippen LogP contribution is -2.38. The lowest BCUT2D eigenvalue weighted by molar-refractivity contribution is -0.129. The van der Waals surface area contributed by atoms with Crippen LogP contribution in [0.15, 0.2) is 11.6 Å². The van der Waals surface area contributed by atoms with Crippen LogP contribution in [0.4, 0.5) is 0 Å². The van der Waals surface area contributed by atoms with E-state index in [0.717, 1.165) is 0 Å². The second kappa shape index (κ2) is 2.53. The highest BCUT2D eigenvalue weighted by atomic mass is 16.2. The minimum Gasteiger partial charge on any atom is -0.365 e. The average molecular weight is 154 g/mol. The summed E-state index contributed by atoms with van der Waals surface area (Å²) in [6, 6.07) is 0. The van der Waals surface area contributed by atoms with E-state index in [2.05, 4.69) is 0 Å². The van der Waals surface area contributed by atoms with Crippen molar-refractivity contribution in [2.24, 2.45) is 5.73 Å². The number of rotatable bonds is 1. The van der Waals surface area contributed by atoms with Crippen LogP contribution in [-0.4, -0.2) is 17.7 Å². The standard InChI is InChI=1S/C6H6N2O3/c7-5(10)3-1-2-4(9)8-6(3)11/h1H,2H2,(H2,7,10)(H,8,9,11). The Labute approximate surface area is 62.2 Å². The molecule has 5 nitrogen and oxygen atoms in total. The van der Waals surface area contributed by atoms with E-state index in [1.807, 2.05) is 5.32 Å². The molecular formula is C6H6N2O3. The van der Waals surface area contributed by atoms with Gasteiger partial charge in [-0.1, -0.05) is 6.08 Å². The van der Waals surface area contributed by atoms with Gasteiger partial charge in [0.25, 0.3) is 11.8 Å². The highest BCUT2D eigenvalue weighted by molar-refractivity contribution is 6.23. The van der Waals surface area contributed by atoms with Crippen molar-refractivity contribution in [2.45, 2.75) is 6.42 Å². The quantitative estimate of drug-likeness (QED) is 0.353. The number of carbonyl (C=O) groups is 3. The zero-order chi connectivity index (χ0) is 8.43. The lowest BCUT2D eigenvalue weighted by Gasteiger charge is -2.08. The molecular weight excluding hydrogens is 148 g/mol. The fourth-order valence-electron chi connectivity index (χ4n) is 0.745. The minimum atomic E-state index is -0.810. The first kappa shape index (κ1) is 7.46. The van der Waals surface area contributed by atoms with Crippen LogP contribution < -0.4 is 11.1 Å². The highest BCUT2D eigenvalue weighted by Gasteiger charge is 2.21. The maximum atomic E-state index is 10.7. The molecule has 0 aromatic heterocycles. The zero-order valence-electron chi connectivity index (χ0n) is 5.59. The molecule has 0 saturated carbocycles. The van der Waals surface area contributed by atoms with Crippen molar-refractivity contribution in [1.29, 1.82) is 0 Å². The fraction of sp³-hybridized carbons (Fsp3) is 0.167. The molecule has 1 rings (SSSR count). The number of nitrogens with one attached hydrogen (secondary N) is 1. The fourth-order valence-corrected chi connectivity index (χ4v) is 0.745. The van der Waals surface area contributed by atoms with Crippen LogP contribution in [0.3, 0.4) is 0 Å². The first-order valence-corrected chi connectivity index (χ1v) is 2.95. The van der Waals surface area contributed by atoms with Crippen molar-refractivity contribution in [3.63, 3.8) is 0 Å². The Balaban J connectivity index is 2.89. The number of imide groups is 1. The summed E-state index contributed by atoms with van der Waals surface area (Å²) in [5.74, 6) is -1.94. The summed E-state index contributed by atoms with van der Waals surface area (Å²) in [6.45, 7) is 0. The molecule has 0 aromatic rings. The Morgan fingerprint density at radius 1 is 1.55 bits per heavy atom. The molecule has 0 fully saturated rings. The van der Waals surface area contributed by atoms with E-state index in [1.165, 1.54) is 6.08 Å². The molecule has 0 unspecified atom stereocenters. The number of nitrogens with two attached hydrogens (primary N) is 1. The maximum Gasteiger partial charge on any atom is 0.263 e. The predicted octanol–water partition coefficient (Wildman–Crippen LogP) is -1.56. The SMILES string of the molecule is NC(=O)C1=CCC(=O)NC1=O. The van der Waals surface area contributed by atoms with Crippen LogP contribution >= 0.6 is 0 Å². The van der Waals surface area contributed by atoms with Crippen molar-refractivity contribution in [3.8, 4) is 0 Å². The van der Waals surface area contributed by atoms with Gasteiger partial charge < -0.3 is 5.73 Å². The number of hydrogen-bond acceptors (Lipinski definition) is 3. The van der Waals surface area contributed by atoms with Gasteiger partial charge in [0.05, 0.1) is 0 Å². The van der Waals surface area contributed by atoms with Gasteiger partial charge >= 0.3 is 0 Å². The van der Waals surface area contributed by atoms with Crippen molar-refractivity contribution < 1.29 is 14.4 Å². The molecule has 0 aliphatic carbocycles. The molecule has 11 heavy (non-hydrogen) atoms. The van der Waals surface area contributed by atoms with Crippen molar-refractivity contribution >= 4 is 17.7 Å². The first-order chi connectivity index (χ1) is 5.11. The Morgan fingerprint density at radius 2 is 2.18 bits per heavy atom. The van der Waals surface area contributed by atoms with Gasteiger partial charge in [0.15, 0.2) is 0 Å². The number of hydrogen-bond donors (Lipinski definition) is 2. The topological polar surface area (TPSA) is 89.3 Å². The van der Waals surface area contributed by atoms with E-state index in [4.69, 9.17) is 5.73 Å². The summed E-state index contributed by atoms with van der Waals surface area (Å²) in [6.07, 6.45) is 1.26. The third-order valence-corrected chi connectivity index (χ3v) is 1.25. The molecule has 0 aromatic carbocycles. The lowest BCUT2D eigenvalue weighted by atomic mass is 10.1. The van der Waals surface area contributed by atoms with Crippen LogP contribution in [-0.2, 0) is 14.4 Å². The van der Waals surface area contributed by atoms with Gasteiger partial charge in [-0.3, -0.25) is 19.7 Å². The molecule has 3 amide bonds. The predicted molar refractivity (Wildman–Crippen MR) is 35.0 cm³/mol. The molecule has 1 aliphatic rings. The molecule has 0 atom stereocenters. The van der Waals surface area contributed by atoms with Gasteiger partial charge in [0.1, 0.15) is 5.57 Å². The summed E-state index contributed by atoms with van der Waals surface area (Å²) in [5.41, 5.74) is 4.68. The van der Waals surface area contributed by atoms with Crippen LogP contribution in [0.5, 0.6) is 0 Å². The van der Waals surface area contributed by atoms with Gasteiger partial charge in [-0.15, -0.1) is 0 Å². The van der Waals surface area contributed by atoms with E-state index in [-0.39, 0.29) is 12.0 Å². The second-order valence-corrected chi connectivity index (χ2v) is 2.06. The molecule has 1 aliphatic heterocycles. The first-order valence-electron chi connectivity index (χ1n) is 2.95. The Kier molecular flexibility index (Phi) is 1.72. The van der Waals surface area contributed by atoms with Gasteiger partial charge in [-0.2, -0.15) is 0 Å². The minimum absolute atomic E-state index is 0.0318. The molecule has 1 heterocycles. The van der Waals surface area contributed by atoms with E-state index in [1.54, 1.807) is 0 Å². The summed E-state index contributed by atoms with van der Waals surface area (Å²) in [7, 11) is 0. The van der Waals surface area contributed by atoms with Gasteiger partial charge in [0, 0.05) is 6.42 Å². The summed E-state index contributed by atoms with van der Waals surface area (Å²) >= 11 is 0. The highest BCUT2D eigenvalue weighted by Crippen LogP contribution is 2.01. The van der Waals surface area contributed by atoms with Crippen LogP contribution in [0.25, 0.3) is 0 Å². The Hall–Kier alpha value is -1.65. The molecule has 0 spiro atoms. The van der Waals surface area contributed by atoms with Crippen LogP contribution in [0.2, 0.25) is 0 Å². The molecule has 3 N–H and O–H groups in total. The van der Waals surface area contributed by atoms with Gasteiger partial charge in [-0.25, -0.2) is 0 Å². The monoisotopic (exact) mass is 154 g/mol. The third kappa shape index (κ3) is 1.43. The number of carbonyl (C=O) groups excluding carboxylic acids is 3. The van der Waals surface area contributed by atoms with Crippen LogP contribution in [0.1, 0.15) is 6.42 Å². The van der Waals surface area contributed by atoms with E-state index >= 15 is 0 Å². The molecule has 58 valence electrons. The normalized spacial score (nSPS) is 17.3. The van der Waals surface area contributed by atoms with E-state index in [9.17, 15) is 14.4 Å². The average Bonchev–Trinajstić information content (AvgIpc) is 1.85. The molecule has 0 radical (unpaired) electrons.